The normalized spacial score (nSPS) is 16.0. The number of para-hydroxylation sites is 2. The lowest BCUT2D eigenvalue weighted by molar-refractivity contribution is -0.117. The van der Waals surface area contributed by atoms with Gasteiger partial charge in [0, 0.05) is 48.0 Å². The van der Waals surface area contributed by atoms with Crippen molar-refractivity contribution >= 4 is 40.9 Å². The standard InChI is InChI=1S/C33H27ClFN3O3/c34-26-7-5-8-27(21-26)36-16-18-37(19-17-36)32(39)24-14-12-23(13-15-24)20-31-33(40)38(22-25-6-1-2-9-28(25)35)29-10-3-4-11-30(29)41-31/h1-15,20-21H,16-19,22H2. The number of carbonyl (C=O) groups is 2. The highest BCUT2D eigenvalue weighted by atomic mass is 35.5. The summed E-state index contributed by atoms with van der Waals surface area (Å²) in [6, 6.07) is 28.4. The molecule has 2 aliphatic heterocycles. The van der Waals surface area contributed by atoms with Crippen molar-refractivity contribution < 1.29 is 18.7 Å². The smallest absolute Gasteiger partial charge is 0.294 e. The molecule has 0 aromatic heterocycles. The van der Waals surface area contributed by atoms with Crippen molar-refractivity contribution in [3.63, 3.8) is 0 Å². The van der Waals surface area contributed by atoms with Gasteiger partial charge in [-0.1, -0.05) is 60.1 Å². The number of nitrogens with zero attached hydrogens (tertiary/aromatic N) is 3. The molecule has 2 heterocycles. The summed E-state index contributed by atoms with van der Waals surface area (Å²) >= 11 is 6.14. The fourth-order valence-corrected chi connectivity index (χ4v) is 5.30. The monoisotopic (exact) mass is 567 g/mol. The number of carbonyl (C=O) groups excluding carboxylic acids is 2. The van der Waals surface area contributed by atoms with Crippen molar-refractivity contribution in [2.24, 2.45) is 0 Å². The number of piperazine rings is 1. The minimum absolute atomic E-state index is 0.0371. The van der Waals surface area contributed by atoms with E-state index in [-0.39, 0.29) is 29.9 Å². The SMILES string of the molecule is O=C(c1ccc(C=C2Oc3ccccc3N(Cc3ccccc3F)C2=O)cc1)N1CCN(c2cccc(Cl)c2)CC1. The van der Waals surface area contributed by atoms with Gasteiger partial charge in [-0.3, -0.25) is 14.5 Å². The van der Waals surface area contributed by atoms with Gasteiger partial charge in [0.05, 0.1) is 12.2 Å². The average Bonchev–Trinajstić information content (AvgIpc) is 3.00. The number of rotatable bonds is 5. The van der Waals surface area contributed by atoms with Crippen LogP contribution in [0.4, 0.5) is 15.8 Å². The summed E-state index contributed by atoms with van der Waals surface area (Å²) in [5, 5.41) is 0.693. The van der Waals surface area contributed by atoms with Crippen molar-refractivity contribution in [3.05, 3.63) is 130 Å². The summed E-state index contributed by atoms with van der Waals surface area (Å²) in [4.78, 5) is 32.2. The van der Waals surface area contributed by atoms with E-state index in [2.05, 4.69) is 4.90 Å². The number of fused-ring (bicyclic) bond motifs is 1. The molecule has 2 aliphatic rings. The van der Waals surface area contributed by atoms with E-state index in [0.29, 0.717) is 46.2 Å². The van der Waals surface area contributed by atoms with Crippen LogP contribution in [0.15, 0.2) is 103 Å². The molecule has 0 spiro atoms. The minimum Gasteiger partial charge on any atom is -0.449 e. The molecular weight excluding hydrogens is 541 g/mol. The van der Waals surface area contributed by atoms with Crippen molar-refractivity contribution in [2.75, 3.05) is 36.0 Å². The molecule has 41 heavy (non-hydrogen) atoms. The van der Waals surface area contributed by atoms with Crippen molar-refractivity contribution in [2.45, 2.75) is 6.54 Å². The third-order valence-electron chi connectivity index (χ3n) is 7.31. The quantitative estimate of drug-likeness (QED) is 0.262. The Morgan fingerprint density at radius 2 is 1.61 bits per heavy atom. The van der Waals surface area contributed by atoms with Gasteiger partial charge in [-0.2, -0.15) is 0 Å². The predicted molar refractivity (Wildman–Crippen MR) is 159 cm³/mol. The summed E-state index contributed by atoms with van der Waals surface area (Å²) < 4.78 is 20.4. The maximum absolute atomic E-state index is 14.4. The van der Waals surface area contributed by atoms with E-state index in [0.717, 1.165) is 18.8 Å². The lowest BCUT2D eigenvalue weighted by Gasteiger charge is -2.36. The Balaban J connectivity index is 1.16. The van der Waals surface area contributed by atoms with Crippen LogP contribution in [0.3, 0.4) is 0 Å². The molecule has 2 amide bonds. The molecule has 1 fully saturated rings. The first-order chi connectivity index (χ1) is 20.0. The highest BCUT2D eigenvalue weighted by molar-refractivity contribution is 6.30. The van der Waals surface area contributed by atoms with E-state index >= 15 is 0 Å². The van der Waals surface area contributed by atoms with Gasteiger partial charge < -0.3 is 14.5 Å². The lowest BCUT2D eigenvalue weighted by atomic mass is 10.1. The predicted octanol–water partition coefficient (Wildman–Crippen LogP) is 6.41. The van der Waals surface area contributed by atoms with Crippen molar-refractivity contribution in [3.8, 4) is 5.75 Å². The first kappa shape index (κ1) is 26.6. The maximum atomic E-state index is 14.4. The minimum atomic E-state index is -0.374. The molecule has 0 N–H and O–H groups in total. The summed E-state index contributed by atoms with van der Waals surface area (Å²) in [6.45, 7) is 2.73. The summed E-state index contributed by atoms with van der Waals surface area (Å²) in [5.41, 5.74) is 3.32. The number of benzene rings is 4. The van der Waals surface area contributed by atoms with Crippen LogP contribution < -0.4 is 14.5 Å². The number of amides is 2. The number of hydrogen-bond acceptors (Lipinski definition) is 4. The van der Waals surface area contributed by atoms with Crippen LogP contribution in [0.1, 0.15) is 21.5 Å². The van der Waals surface area contributed by atoms with E-state index in [4.69, 9.17) is 16.3 Å². The van der Waals surface area contributed by atoms with Gasteiger partial charge in [0.15, 0.2) is 11.5 Å². The number of ether oxygens (including phenoxy) is 1. The van der Waals surface area contributed by atoms with Gasteiger partial charge >= 0.3 is 0 Å². The van der Waals surface area contributed by atoms with E-state index in [1.807, 2.05) is 41.3 Å². The zero-order valence-electron chi connectivity index (χ0n) is 22.2. The zero-order chi connectivity index (χ0) is 28.3. The molecule has 0 atom stereocenters. The number of hydrogen-bond donors (Lipinski definition) is 0. The van der Waals surface area contributed by atoms with Crippen LogP contribution >= 0.6 is 11.6 Å². The Morgan fingerprint density at radius 3 is 2.37 bits per heavy atom. The molecular formula is C33H27ClFN3O3. The van der Waals surface area contributed by atoms with E-state index in [1.54, 1.807) is 60.7 Å². The Labute approximate surface area is 242 Å². The van der Waals surface area contributed by atoms with E-state index in [1.165, 1.54) is 11.0 Å². The van der Waals surface area contributed by atoms with Crippen LogP contribution in [0.5, 0.6) is 5.75 Å². The Hall–Kier alpha value is -4.62. The molecule has 4 aromatic carbocycles. The fraction of sp³-hybridized carbons (Fsp3) is 0.152. The number of anilines is 2. The van der Waals surface area contributed by atoms with Gasteiger partial charge in [-0.05, 0) is 60.2 Å². The molecule has 6 rings (SSSR count). The molecule has 0 saturated carbocycles. The Kier molecular flexibility index (Phi) is 7.44. The second-order valence-electron chi connectivity index (χ2n) is 9.94. The first-order valence-corrected chi connectivity index (χ1v) is 13.8. The highest BCUT2D eigenvalue weighted by Gasteiger charge is 2.31. The summed E-state index contributed by atoms with van der Waals surface area (Å²) in [7, 11) is 0. The third kappa shape index (κ3) is 5.67. The average molecular weight is 568 g/mol. The van der Waals surface area contributed by atoms with Gasteiger partial charge in [-0.25, -0.2) is 4.39 Å². The second kappa shape index (κ2) is 11.5. The molecule has 0 bridgehead atoms. The van der Waals surface area contributed by atoms with Crippen LogP contribution in [0, 0.1) is 5.82 Å². The maximum Gasteiger partial charge on any atom is 0.294 e. The van der Waals surface area contributed by atoms with Crippen molar-refractivity contribution in [1.29, 1.82) is 0 Å². The van der Waals surface area contributed by atoms with Crippen LogP contribution in [-0.4, -0.2) is 42.9 Å². The highest BCUT2D eigenvalue weighted by Crippen LogP contribution is 2.36. The van der Waals surface area contributed by atoms with Gasteiger partial charge in [-0.15, -0.1) is 0 Å². The third-order valence-corrected chi connectivity index (χ3v) is 7.55. The molecule has 6 nitrogen and oxygen atoms in total. The molecule has 8 heteroatoms. The van der Waals surface area contributed by atoms with E-state index in [9.17, 15) is 14.0 Å². The Morgan fingerprint density at radius 1 is 0.878 bits per heavy atom. The van der Waals surface area contributed by atoms with Gasteiger partial charge in [0.2, 0.25) is 0 Å². The van der Waals surface area contributed by atoms with Crippen LogP contribution in [-0.2, 0) is 11.3 Å². The first-order valence-electron chi connectivity index (χ1n) is 13.4. The van der Waals surface area contributed by atoms with Crippen LogP contribution in [0.25, 0.3) is 6.08 Å². The topological polar surface area (TPSA) is 53.1 Å². The molecule has 0 radical (unpaired) electrons. The molecule has 4 aromatic rings. The van der Waals surface area contributed by atoms with Gasteiger partial charge in [0.25, 0.3) is 11.8 Å². The zero-order valence-corrected chi connectivity index (χ0v) is 22.9. The second-order valence-corrected chi connectivity index (χ2v) is 10.4. The summed E-state index contributed by atoms with van der Waals surface area (Å²) in [5.74, 6) is -0.148. The lowest BCUT2D eigenvalue weighted by Crippen LogP contribution is -2.48. The molecule has 206 valence electrons. The van der Waals surface area contributed by atoms with Gasteiger partial charge in [0.1, 0.15) is 5.82 Å². The molecule has 0 aliphatic carbocycles. The largest absolute Gasteiger partial charge is 0.449 e. The van der Waals surface area contributed by atoms with E-state index < -0.39 is 0 Å². The number of halogens is 2. The molecule has 1 saturated heterocycles. The Bertz CT molecular complexity index is 1630. The van der Waals surface area contributed by atoms with Crippen molar-refractivity contribution in [1.82, 2.24) is 4.90 Å². The fourth-order valence-electron chi connectivity index (χ4n) is 5.11. The summed E-state index contributed by atoms with van der Waals surface area (Å²) in [6.07, 6.45) is 1.64. The molecule has 0 unspecified atom stereocenters. The van der Waals surface area contributed by atoms with Crippen LogP contribution in [0.2, 0.25) is 5.02 Å².